The Morgan fingerprint density at radius 3 is 2.59 bits per heavy atom. The Morgan fingerprint density at radius 2 is 1.91 bits per heavy atom. The molecule has 3 heterocycles. The molecule has 0 spiro atoms. The molecule has 34 heavy (non-hydrogen) atoms. The van der Waals surface area contributed by atoms with E-state index in [-0.39, 0.29) is 34.6 Å². The van der Waals surface area contributed by atoms with E-state index in [1.807, 2.05) is 43.3 Å². The summed E-state index contributed by atoms with van der Waals surface area (Å²) in [4.78, 5) is 21.8. The number of halogens is 1. The van der Waals surface area contributed by atoms with Gasteiger partial charge >= 0.3 is 0 Å². The largest absolute Gasteiger partial charge is 0.382 e. The van der Waals surface area contributed by atoms with Gasteiger partial charge in [-0.3, -0.25) is 9.20 Å². The highest BCUT2D eigenvalue weighted by Gasteiger charge is 2.33. The van der Waals surface area contributed by atoms with Crippen LogP contribution in [0.2, 0.25) is 0 Å². The molecule has 0 unspecified atom stereocenters. The van der Waals surface area contributed by atoms with Crippen LogP contribution in [0.3, 0.4) is 0 Å². The van der Waals surface area contributed by atoms with Crippen molar-refractivity contribution in [2.24, 2.45) is 0 Å². The third kappa shape index (κ3) is 3.59. The first-order chi connectivity index (χ1) is 16.4. The van der Waals surface area contributed by atoms with Gasteiger partial charge in [0.25, 0.3) is 5.56 Å². The van der Waals surface area contributed by atoms with E-state index in [4.69, 9.17) is 11.5 Å². The molecule has 1 atom stereocenters. The number of benzene rings is 1. The Kier molecular flexibility index (Phi) is 5.13. The van der Waals surface area contributed by atoms with Gasteiger partial charge < -0.3 is 16.8 Å². The second kappa shape index (κ2) is 8.15. The predicted octanol–water partition coefficient (Wildman–Crippen LogP) is 3.98. The van der Waals surface area contributed by atoms with Crippen LogP contribution in [0.1, 0.15) is 48.4 Å². The van der Waals surface area contributed by atoms with Gasteiger partial charge in [0.2, 0.25) is 5.95 Å². The highest BCUT2D eigenvalue weighted by molar-refractivity contribution is 5.76. The van der Waals surface area contributed by atoms with Crippen LogP contribution < -0.4 is 22.3 Å². The Hall–Kier alpha value is -4.45. The number of aromatic nitrogens is 3. The molecule has 5 rings (SSSR count). The third-order valence-corrected chi connectivity index (χ3v) is 6.08. The summed E-state index contributed by atoms with van der Waals surface area (Å²) in [7, 11) is 0. The van der Waals surface area contributed by atoms with Crippen LogP contribution in [0, 0.1) is 17.1 Å². The second-order valence-electron chi connectivity index (χ2n) is 8.42. The van der Waals surface area contributed by atoms with Crippen LogP contribution in [-0.4, -0.2) is 14.4 Å². The van der Waals surface area contributed by atoms with Crippen LogP contribution in [0.5, 0.6) is 0 Å². The van der Waals surface area contributed by atoms with Crippen molar-refractivity contribution < 1.29 is 4.39 Å². The molecule has 1 aliphatic carbocycles. The molecule has 8 nitrogen and oxygen atoms in total. The molecule has 170 valence electrons. The van der Waals surface area contributed by atoms with Crippen LogP contribution in [0.15, 0.2) is 53.5 Å². The lowest BCUT2D eigenvalue weighted by Crippen LogP contribution is -2.24. The van der Waals surface area contributed by atoms with Crippen LogP contribution >= 0.6 is 0 Å². The summed E-state index contributed by atoms with van der Waals surface area (Å²) in [5.74, 6) is -0.144. The Labute approximate surface area is 194 Å². The highest BCUT2D eigenvalue weighted by atomic mass is 19.1. The van der Waals surface area contributed by atoms with E-state index in [0.717, 1.165) is 29.5 Å². The molecular weight excluding hydrogens is 433 g/mol. The van der Waals surface area contributed by atoms with Crippen molar-refractivity contribution >= 4 is 23.1 Å². The molecule has 5 N–H and O–H groups in total. The number of hydrogen-bond donors (Lipinski definition) is 3. The lowest BCUT2D eigenvalue weighted by atomic mass is 9.89. The summed E-state index contributed by atoms with van der Waals surface area (Å²) < 4.78 is 15.6. The first-order valence-electron chi connectivity index (χ1n) is 10.9. The Bertz CT molecular complexity index is 1520. The van der Waals surface area contributed by atoms with Gasteiger partial charge in [0.05, 0.1) is 17.1 Å². The topological polar surface area (TPSA) is 135 Å². The summed E-state index contributed by atoms with van der Waals surface area (Å²) in [5.41, 5.74) is 15.0. The van der Waals surface area contributed by atoms with E-state index in [0.29, 0.717) is 11.1 Å². The monoisotopic (exact) mass is 455 g/mol. The summed E-state index contributed by atoms with van der Waals surface area (Å²) >= 11 is 0. The number of nitrogens with one attached hydrogen (secondary N) is 1. The maximum Gasteiger partial charge on any atom is 0.263 e. The van der Waals surface area contributed by atoms with Crippen molar-refractivity contribution in [2.75, 3.05) is 16.8 Å². The molecule has 9 heteroatoms. The normalized spacial score (nSPS) is 14.0. The van der Waals surface area contributed by atoms with Crippen LogP contribution in [-0.2, 0) is 0 Å². The number of nitrogens with zero attached hydrogens (tertiary/aromatic N) is 4. The minimum atomic E-state index is -0.486. The van der Waals surface area contributed by atoms with Crippen molar-refractivity contribution in [3.8, 4) is 17.2 Å². The third-order valence-electron chi connectivity index (χ3n) is 6.08. The SMILES string of the molecule is C[C@H](Nc1nc(N)nc(N)c1C#N)c1c(-c2ccccc2)c(=O)n2cc(F)ccc2c1C1CC1. The summed E-state index contributed by atoms with van der Waals surface area (Å²) in [6, 6.07) is 13.9. The van der Waals surface area contributed by atoms with E-state index >= 15 is 0 Å². The lowest BCUT2D eigenvalue weighted by molar-refractivity contribution is 0.617. The smallest absolute Gasteiger partial charge is 0.263 e. The van der Waals surface area contributed by atoms with Gasteiger partial charge in [0.15, 0.2) is 5.82 Å². The molecule has 3 aromatic heterocycles. The molecule has 0 amide bonds. The standard InChI is InChI=1S/C25H22FN7O/c1-13(30-23-17(11-27)22(28)31-25(29)32-23)19-20(15-7-8-15)18-10-9-16(26)12-33(18)24(34)21(19)14-5-3-2-4-6-14/h2-6,9-10,12-13,15H,7-8H2,1H3,(H5,28,29,30,31,32)/t13-/m0/s1. The molecule has 1 fully saturated rings. The second-order valence-corrected chi connectivity index (χ2v) is 8.42. The minimum absolute atomic E-state index is 0.0237. The van der Waals surface area contributed by atoms with E-state index in [1.54, 1.807) is 6.07 Å². The Balaban J connectivity index is 1.80. The molecule has 1 aliphatic rings. The molecule has 0 bridgehead atoms. The fourth-order valence-electron chi connectivity index (χ4n) is 4.49. The van der Waals surface area contributed by atoms with Crippen molar-refractivity contribution in [3.05, 3.63) is 81.5 Å². The highest BCUT2D eigenvalue weighted by Crippen LogP contribution is 2.47. The van der Waals surface area contributed by atoms with Crippen molar-refractivity contribution in [1.29, 1.82) is 5.26 Å². The van der Waals surface area contributed by atoms with Gasteiger partial charge in [-0.2, -0.15) is 15.2 Å². The first-order valence-corrected chi connectivity index (χ1v) is 10.9. The molecule has 1 saturated carbocycles. The van der Waals surface area contributed by atoms with Gasteiger partial charge in [0.1, 0.15) is 23.3 Å². The average Bonchev–Trinajstić information content (AvgIpc) is 3.64. The number of nitriles is 1. The van der Waals surface area contributed by atoms with Gasteiger partial charge in [0, 0.05) is 6.20 Å². The fourth-order valence-corrected chi connectivity index (χ4v) is 4.49. The lowest BCUT2D eigenvalue weighted by Gasteiger charge is -2.24. The van der Waals surface area contributed by atoms with Crippen LogP contribution in [0.4, 0.5) is 22.0 Å². The molecule has 4 aromatic rings. The van der Waals surface area contributed by atoms with Gasteiger partial charge in [-0.25, -0.2) is 4.39 Å². The van der Waals surface area contributed by atoms with Crippen molar-refractivity contribution in [2.45, 2.75) is 31.7 Å². The summed E-state index contributed by atoms with van der Waals surface area (Å²) in [5, 5.41) is 12.8. The Morgan fingerprint density at radius 1 is 1.18 bits per heavy atom. The van der Waals surface area contributed by atoms with E-state index in [9.17, 15) is 14.4 Å². The molecule has 0 aliphatic heterocycles. The van der Waals surface area contributed by atoms with Crippen molar-refractivity contribution in [1.82, 2.24) is 14.4 Å². The van der Waals surface area contributed by atoms with Gasteiger partial charge in [-0.15, -0.1) is 0 Å². The quantitative estimate of drug-likeness (QED) is 0.414. The zero-order chi connectivity index (χ0) is 24.0. The average molecular weight is 455 g/mol. The number of anilines is 3. The maximum absolute atomic E-state index is 14.2. The number of nitrogens with two attached hydrogens (primary N) is 2. The van der Waals surface area contributed by atoms with Crippen LogP contribution in [0.25, 0.3) is 16.6 Å². The summed E-state index contributed by atoms with van der Waals surface area (Å²) in [6.45, 7) is 1.89. The van der Waals surface area contributed by atoms with E-state index in [1.165, 1.54) is 16.7 Å². The zero-order valence-electron chi connectivity index (χ0n) is 18.4. The van der Waals surface area contributed by atoms with E-state index < -0.39 is 11.9 Å². The molecule has 0 saturated heterocycles. The number of hydrogen-bond acceptors (Lipinski definition) is 7. The number of rotatable bonds is 5. The van der Waals surface area contributed by atoms with Crippen molar-refractivity contribution in [3.63, 3.8) is 0 Å². The molecule has 0 radical (unpaired) electrons. The van der Waals surface area contributed by atoms with E-state index in [2.05, 4.69) is 15.3 Å². The number of nitrogen functional groups attached to an aromatic ring is 2. The maximum atomic E-state index is 14.2. The predicted molar refractivity (Wildman–Crippen MR) is 129 cm³/mol. The zero-order valence-corrected chi connectivity index (χ0v) is 18.4. The minimum Gasteiger partial charge on any atom is -0.382 e. The van der Waals surface area contributed by atoms with Gasteiger partial charge in [-0.05, 0) is 54.5 Å². The molecular formula is C25H22FN7O. The van der Waals surface area contributed by atoms with Gasteiger partial charge in [-0.1, -0.05) is 30.3 Å². The summed E-state index contributed by atoms with van der Waals surface area (Å²) in [6.07, 6.45) is 3.17. The fraction of sp³-hybridized carbons (Fsp3) is 0.200. The number of fused-ring (bicyclic) bond motifs is 1. The molecule has 1 aromatic carbocycles. The first kappa shape index (κ1) is 21.4. The number of pyridine rings is 2.